The van der Waals surface area contributed by atoms with Gasteiger partial charge < -0.3 is 4.74 Å². The molecule has 0 atom stereocenters. The second-order valence-corrected chi connectivity index (χ2v) is 2.98. The van der Waals surface area contributed by atoms with Crippen molar-refractivity contribution in [3.05, 3.63) is 23.2 Å². The fourth-order valence-corrected chi connectivity index (χ4v) is 1.28. The molecule has 0 amide bonds. The zero-order valence-electron chi connectivity index (χ0n) is 7.44. The maximum atomic E-state index is 5.14. The van der Waals surface area contributed by atoms with Crippen LogP contribution in [-0.4, -0.2) is 27.3 Å². The van der Waals surface area contributed by atoms with Gasteiger partial charge in [-0.3, -0.25) is 15.2 Å². The second kappa shape index (κ2) is 3.59. The Bertz CT molecular complexity index is 490. The van der Waals surface area contributed by atoms with Crippen LogP contribution in [0.2, 0.25) is 0 Å². The van der Waals surface area contributed by atoms with Crippen molar-refractivity contribution in [1.82, 2.24) is 20.2 Å². The molecule has 0 aliphatic heterocycles. The van der Waals surface area contributed by atoms with Crippen molar-refractivity contribution in [2.45, 2.75) is 0 Å². The first-order valence-electron chi connectivity index (χ1n) is 3.94. The number of methoxy groups -OCH3 is 1. The average Bonchev–Trinajstić information content (AvgIpc) is 2.65. The number of aromatic nitrogens is 4. The molecule has 2 N–H and O–H groups in total. The molecule has 0 aliphatic carbocycles. The highest BCUT2D eigenvalue weighted by molar-refractivity contribution is 7.71. The van der Waals surface area contributed by atoms with Gasteiger partial charge in [0, 0.05) is 6.20 Å². The summed E-state index contributed by atoms with van der Waals surface area (Å²) in [4.78, 5) is 8.03. The minimum absolute atomic E-state index is 0.416. The van der Waals surface area contributed by atoms with Crippen LogP contribution in [0, 0.1) is 4.77 Å². The van der Waals surface area contributed by atoms with E-state index in [2.05, 4.69) is 20.2 Å². The van der Waals surface area contributed by atoms with Gasteiger partial charge in [-0.2, -0.15) is 4.98 Å². The molecule has 2 aromatic heterocycles. The molecule has 2 heterocycles. The summed E-state index contributed by atoms with van der Waals surface area (Å²) in [6.07, 6.45) is 3.30. The number of pyridine rings is 1. The van der Waals surface area contributed by atoms with Gasteiger partial charge in [-0.25, -0.2) is 0 Å². The molecule has 0 unspecified atom stereocenters. The molecule has 0 aromatic carbocycles. The van der Waals surface area contributed by atoms with Crippen LogP contribution >= 0.6 is 12.2 Å². The number of ether oxygens (including phenoxy) is 1. The minimum Gasteiger partial charge on any atom is -0.494 e. The Kier molecular flexibility index (Phi) is 2.28. The number of nitrogens with zero attached hydrogens (tertiary/aromatic N) is 2. The van der Waals surface area contributed by atoms with Gasteiger partial charge in [0.25, 0.3) is 0 Å². The molecular weight excluding hydrogens is 200 g/mol. The van der Waals surface area contributed by atoms with Crippen molar-refractivity contribution >= 4 is 12.2 Å². The number of rotatable bonds is 2. The molecule has 72 valence electrons. The van der Waals surface area contributed by atoms with Crippen LogP contribution in [0.4, 0.5) is 0 Å². The van der Waals surface area contributed by atoms with Crippen molar-refractivity contribution in [2.75, 3.05) is 7.11 Å². The Morgan fingerprint density at radius 1 is 1.43 bits per heavy atom. The Hall–Kier alpha value is -1.69. The molecule has 2 aromatic rings. The van der Waals surface area contributed by atoms with Crippen molar-refractivity contribution in [2.24, 2.45) is 0 Å². The number of hydrogen-bond acceptors (Lipinski definition) is 4. The fraction of sp³-hybridized carbons (Fsp3) is 0.125. The molecule has 0 fully saturated rings. The van der Waals surface area contributed by atoms with Gasteiger partial charge in [0.05, 0.1) is 18.9 Å². The topological polar surface area (TPSA) is 66.6 Å². The Morgan fingerprint density at radius 3 is 2.93 bits per heavy atom. The van der Waals surface area contributed by atoms with E-state index in [9.17, 15) is 0 Å². The van der Waals surface area contributed by atoms with Crippen LogP contribution < -0.4 is 4.74 Å². The maximum absolute atomic E-state index is 5.14. The monoisotopic (exact) mass is 208 g/mol. The Labute approximate surface area is 85.2 Å². The third kappa shape index (κ3) is 1.51. The molecule has 0 aliphatic rings. The summed E-state index contributed by atoms with van der Waals surface area (Å²) >= 11 is 4.86. The van der Waals surface area contributed by atoms with E-state index in [0.717, 1.165) is 5.56 Å². The SMILES string of the molecule is COc1cnccc1-c1nc(=S)[nH][nH]1. The average molecular weight is 208 g/mol. The van der Waals surface area contributed by atoms with E-state index in [1.165, 1.54) is 0 Å². The lowest BCUT2D eigenvalue weighted by Crippen LogP contribution is -1.90. The normalized spacial score (nSPS) is 10.1. The van der Waals surface area contributed by atoms with Gasteiger partial charge in [-0.1, -0.05) is 0 Å². The smallest absolute Gasteiger partial charge is 0.213 e. The van der Waals surface area contributed by atoms with Crippen LogP contribution in [0.1, 0.15) is 0 Å². The second-order valence-electron chi connectivity index (χ2n) is 2.59. The highest BCUT2D eigenvalue weighted by Crippen LogP contribution is 2.24. The molecular formula is C8H8N4OS. The zero-order chi connectivity index (χ0) is 9.97. The molecule has 14 heavy (non-hydrogen) atoms. The summed E-state index contributed by atoms with van der Waals surface area (Å²) in [6.45, 7) is 0. The predicted octanol–water partition coefficient (Wildman–Crippen LogP) is 1.54. The lowest BCUT2D eigenvalue weighted by atomic mass is 10.2. The van der Waals surface area contributed by atoms with E-state index in [0.29, 0.717) is 16.3 Å². The standard InChI is InChI=1S/C8H8N4OS/c1-13-6-4-9-3-2-5(6)7-10-8(14)12-11-7/h2-4H,1H3,(H2,10,11,12,14). The van der Waals surface area contributed by atoms with Gasteiger partial charge in [0.15, 0.2) is 5.82 Å². The molecule has 6 heteroatoms. The largest absolute Gasteiger partial charge is 0.494 e. The summed E-state index contributed by atoms with van der Waals surface area (Å²) in [6, 6.07) is 1.81. The number of nitrogens with one attached hydrogen (secondary N) is 2. The van der Waals surface area contributed by atoms with Crippen molar-refractivity contribution < 1.29 is 4.74 Å². The van der Waals surface area contributed by atoms with Crippen molar-refractivity contribution in [1.29, 1.82) is 0 Å². The van der Waals surface area contributed by atoms with Crippen LogP contribution in [0.15, 0.2) is 18.5 Å². The quantitative estimate of drug-likeness (QED) is 0.734. The van der Waals surface area contributed by atoms with E-state index in [1.54, 1.807) is 25.6 Å². The van der Waals surface area contributed by atoms with Gasteiger partial charge in [-0.15, -0.1) is 0 Å². The number of H-pyrrole nitrogens is 2. The Balaban J connectivity index is 2.55. The van der Waals surface area contributed by atoms with E-state index in [1.807, 2.05) is 0 Å². The third-order valence-electron chi connectivity index (χ3n) is 1.76. The first-order chi connectivity index (χ1) is 6.81. The van der Waals surface area contributed by atoms with Gasteiger partial charge >= 0.3 is 0 Å². The predicted molar refractivity (Wildman–Crippen MR) is 53.6 cm³/mol. The summed E-state index contributed by atoms with van der Waals surface area (Å²) in [5.41, 5.74) is 0.829. The first kappa shape index (κ1) is 8.89. The molecule has 0 saturated heterocycles. The lowest BCUT2D eigenvalue weighted by molar-refractivity contribution is 0.414. The van der Waals surface area contributed by atoms with Crippen molar-refractivity contribution in [3.63, 3.8) is 0 Å². The summed E-state index contributed by atoms with van der Waals surface area (Å²) in [7, 11) is 1.59. The molecule has 0 spiro atoms. The highest BCUT2D eigenvalue weighted by atomic mass is 32.1. The minimum atomic E-state index is 0.416. The molecule has 0 radical (unpaired) electrons. The highest BCUT2D eigenvalue weighted by Gasteiger charge is 2.07. The molecule has 2 rings (SSSR count). The van der Waals surface area contributed by atoms with Crippen molar-refractivity contribution in [3.8, 4) is 17.1 Å². The van der Waals surface area contributed by atoms with E-state index >= 15 is 0 Å². The van der Waals surface area contributed by atoms with Gasteiger partial charge in [0.1, 0.15) is 5.75 Å². The van der Waals surface area contributed by atoms with E-state index in [-0.39, 0.29) is 0 Å². The Morgan fingerprint density at radius 2 is 2.29 bits per heavy atom. The summed E-state index contributed by atoms with van der Waals surface area (Å²) in [5.74, 6) is 1.31. The van der Waals surface area contributed by atoms with Gasteiger partial charge in [-0.05, 0) is 18.3 Å². The molecule has 0 saturated carbocycles. The fourth-order valence-electron chi connectivity index (χ4n) is 1.14. The maximum Gasteiger partial charge on any atom is 0.213 e. The number of aromatic amines is 2. The van der Waals surface area contributed by atoms with Gasteiger partial charge in [0.2, 0.25) is 4.77 Å². The molecule has 0 bridgehead atoms. The van der Waals surface area contributed by atoms with E-state index in [4.69, 9.17) is 17.0 Å². The summed E-state index contributed by atoms with van der Waals surface area (Å²) < 4.78 is 5.55. The van der Waals surface area contributed by atoms with Crippen LogP contribution in [0.3, 0.4) is 0 Å². The first-order valence-corrected chi connectivity index (χ1v) is 4.35. The zero-order valence-corrected chi connectivity index (χ0v) is 8.26. The van der Waals surface area contributed by atoms with Crippen LogP contribution in [0.25, 0.3) is 11.4 Å². The number of hydrogen-bond donors (Lipinski definition) is 2. The third-order valence-corrected chi connectivity index (χ3v) is 1.95. The lowest BCUT2D eigenvalue weighted by Gasteiger charge is -2.03. The van der Waals surface area contributed by atoms with Crippen LogP contribution in [0.5, 0.6) is 5.75 Å². The van der Waals surface area contributed by atoms with E-state index < -0.39 is 0 Å². The molecule has 5 nitrogen and oxygen atoms in total. The summed E-state index contributed by atoms with van der Waals surface area (Å²) in [5, 5.41) is 5.57. The van der Waals surface area contributed by atoms with Crippen LogP contribution in [-0.2, 0) is 0 Å².